The number of aromatic amines is 1. The maximum absolute atomic E-state index is 5.96. The molecule has 3 rings (SSSR count). The molecular weight excluding hydrogens is 240 g/mol. The predicted octanol–water partition coefficient (Wildman–Crippen LogP) is 1.76. The molecule has 3 aromatic heterocycles. The van der Waals surface area contributed by atoms with E-state index in [9.17, 15) is 0 Å². The molecule has 19 heavy (non-hydrogen) atoms. The van der Waals surface area contributed by atoms with Crippen molar-refractivity contribution >= 4 is 5.82 Å². The van der Waals surface area contributed by atoms with Gasteiger partial charge in [-0.3, -0.25) is 14.8 Å². The number of nitrogens with one attached hydrogen (secondary N) is 1. The van der Waals surface area contributed by atoms with E-state index in [-0.39, 0.29) is 0 Å². The zero-order valence-corrected chi connectivity index (χ0v) is 10.8. The minimum Gasteiger partial charge on any atom is -0.382 e. The fraction of sp³-hybridized carbons (Fsp3) is 0.154. The van der Waals surface area contributed by atoms with Gasteiger partial charge in [0.05, 0.1) is 22.6 Å². The molecule has 3 heterocycles. The third-order valence-electron chi connectivity index (χ3n) is 3.00. The molecule has 0 saturated heterocycles. The molecule has 0 radical (unpaired) electrons. The van der Waals surface area contributed by atoms with E-state index in [4.69, 9.17) is 5.73 Å². The number of rotatable bonds is 2. The number of H-pyrrole nitrogens is 1. The number of anilines is 1. The highest BCUT2D eigenvalue weighted by Gasteiger charge is 2.18. The van der Waals surface area contributed by atoms with Gasteiger partial charge in [-0.25, -0.2) is 0 Å². The minimum absolute atomic E-state index is 0.442. The van der Waals surface area contributed by atoms with Crippen LogP contribution in [0.25, 0.3) is 22.5 Å². The Morgan fingerprint density at radius 3 is 2.79 bits per heavy atom. The predicted molar refractivity (Wildman–Crippen MR) is 73.2 cm³/mol. The number of nitrogens with zero attached hydrogens (tertiary/aromatic N) is 4. The molecule has 0 aliphatic heterocycles. The SMILES string of the molecule is Cc1nn(C)cc1-c1[nH]nc(N)c1-c1ccccn1. The number of nitrogens with two attached hydrogens (primary N) is 1. The van der Waals surface area contributed by atoms with Crippen LogP contribution < -0.4 is 5.73 Å². The molecule has 3 aromatic rings. The Hall–Kier alpha value is -2.63. The lowest BCUT2D eigenvalue weighted by Crippen LogP contribution is -1.90. The van der Waals surface area contributed by atoms with E-state index in [1.165, 1.54) is 0 Å². The van der Waals surface area contributed by atoms with E-state index in [0.717, 1.165) is 28.2 Å². The molecule has 6 heteroatoms. The quantitative estimate of drug-likeness (QED) is 0.729. The molecule has 0 atom stereocenters. The summed E-state index contributed by atoms with van der Waals surface area (Å²) in [5.74, 6) is 0.442. The van der Waals surface area contributed by atoms with Gasteiger partial charge < -0.3 is 5.73 Å². The number of aromatic nitrogens is 5. The third kappa shape index (κ3) is 1.87. The van der Waals surface area contributed by atoms with Crippen molar-refractivity contribution in [2.45, 2.75) is 6.92 Å². The Morgan fingerprint density at radius 1 is 1.32 bits per heavy atom. The van der Waals surface area contributed by atoms with Gasteiger partial charge in [-0.05, 0) is 19.1 Å². The summed E-state index contributed by atoms with van der Waals surface area (Å²) in [5.41, 5.74) is 10.3. The third-order valence-corrected chi connectivity index (χ3v) is 3.00. The monoisotopic (exact) mass is 254 g/mol. The zero-order valence-electron chi connectivity index (χ0n) is 10.8. The van der Waals surface area contributed by atoms with Gasteiger partial charge in [0.25, 0.3) is 0 Å². The second-order valence-electron chi connectivity index (χ2n) is 4.38. The maximum Gasteiger partial charge on any atom is 0.155 e. The average Bonchev–Trinajstić information content (AvgIpc) is 2.93. The second-order valence-corrected chi connectivity index (χ2v) is 4.38. The Balaban J connectivity index is 2.22. The molecule has 0 bridgehead atoms. The molecule has 0 saturated carbocycles. The fourth-order valence-electron chi connectivity index (χ4n) is 2.17. The smallest absolute Gasteiger partial charge is 0.155 e. The molecule has 3 N–H and O–H groups in total. The second kappa shape index (κ2) is 4.24. The lowest BCUT2D eigenvalue weighted by molar-refractivity contribution is 0.756. The van der Waals surface area contributed by atoms with Crippen LogP contribution in [0, 0.1) is 6.92 Å². The van der Waals surface area contributed by atoms with Crippen LogP contribution in [-0.2, 0) is 7.05 Å². The minimum atomic E-state index is 0.442. The number of hydrogen-bond acceptors (Lipinski definition) is 4. The summed E-state index contributed by atoms with van der Waals surface area (Å²) >= 11 is 0. The van der Waals surface area contributed by atoms with Gasteiger partial charge in [-0.15, -0.1) is 0 Å². The lowest BCUT2D eigenvalue weighted by Gasteiger charge is -2.02. The zero-order chi connectivity index (χ0) is 13.4. The van der Waals surface area contributed by atoms with E-state index in [0.29, 0.717) is 5.82 Å². The van der Waals surface area contributed by atoms with E-state index >= 15 is 0 Å². The number of hydrogen-bond donors (Lipinski definition) is 2. The summed E-state index contributed by atoms with van der Waals surface area (Å²) in [4.78, 5) is 4.34. The van der Waals surface area contributed by atoms with Crippen molar-refractivity contribution in [3.63, 3.8) is 0 Å². The van der Waals surface area contributed by atoms with Crippen molar-refractivity contribution in [3.8, 4) is 22.5 Å². The van der Waals surface area contributed by atoms with Crippen LogP contribution in [0.2, 0.25) is 0 Å². The van der Waals surface area contributed by atoms with Crippen LogP contribution in [0.5, 0.6) is 0 Å². The van der Waals surface area contributed by atoms with Crippen LogP contribution in [0.15, 0.2) is 30.6 Å². The van der Waals surface area contributed by atoms with Crippen molar-refractivity contribution in [2.75, 3.05) is 5.73 Å². The van der Waals surface area contributed by atoms with Crippen LogP contribution in [0.3, 0.4) is 0 Å². The van der Waals surface area contributed by atoms with Crippen molar-refractivity contribution in [1.82, 2.24) is 25.0 Å². The molecule has 0 amide bonds. The van der Waals surface area contributed by atoms with Gasteiger partial charge in [0.1, 0.15) is 0 Å². The van der Waals surface area contributed by atoms with Crippen molar-refractivity contribution < 1.29 is 0 Å². The van der Waals surface area contributed by atoms with Gasteiger partial charge in [-0.2, -0.15) is 10.2 Å². The highest BCUT2D eigenvalue weighted by Crippen LogP contribution is 2.34. The Kier molecular flexibility index (Phi) is 2.56. The van der Waals surface area contributed by atoms with E-state index in [2.05, 4.69) is 20.3 Å². The Labute approximate surface area is 110 Å². The summed E-state index contributed by atoms with van der Waals surface area (Å²) in [6.07, 6.45) is 3.68. The summed E-state index contributed by atoms with van der Waals surface area (Å²) in [5, 5.41) is 11.4. The molecule has 0 aliphatic rings. The molecular formula is C13H14N6. The van der Waals surface area contributed by atoms with Crippen LogP contribution in [0.4, 0.5) is 5.82 Å². The normalized spacial score (nSPS) is 10.8. The molecule has 0 fully saturated rings. The van der Waals surface area contributed by atoms with E-state index in [1.807, 2.05) is 38.4 Å². The number of nitrogen functional groups attached to an aromatic ring is 1. The molecule has 0 unspecified atom stereocenters. The molecule has 96 valence electrons. The summed E-state index contributed by atoms with van der Waals surface area (Å²) < 4.78 is 1.77. The van der Waals surface area contributed by atoms with Gasteiger partial charge in [-0.1, -0.05) is 6.07 Å². The summed E-state index contributed by atoms with van der Waals surface area (Å²) in [6, 6.07) is 5.71. The lowest BCUT2D eigenvalue weighted by atomic mass is 10.1. The molecule has 0 spiro atoms. The highest BCUT2D eigenvalue weighted by atomic mass is 15.3. The fourth-order valence-corrected chi connectivity index (χ4v) is 2.17. The standard InChI is InChI=1S/C13H14N6/c1-8-9(7-19(2)18-8)12-11(13(14)17-16-12)10-5-3-4-6-15-10/h3-7H,1-2H3,(H3,14,16,17). The largest absolute Gasteiger partial charge is 0.382 e. The highest BCUT2D eigenvalue weighted by molar-refractivity contribution is 5.86. The van der Waals surface area contributed by atoms with Crippen molar-refractivity contribution in [3.05, 3.63) is 36.3 Å². The van der Waals surface area contributed by atoms with E-state index in [1.54, 1.807) is 10.9 Å². The summed E-state index contributed by atoms with van der Waals surface area (Å²) in [6.45, 7) is 1.95. The first-order chi connectivity index (χ1) is 9.16. The van der Waals surface area contributed by atoms with Crippen LogP contribution >= 0.6 is 0 Å². The van der Waals surface area contributed by atoms with Crippen LogP contribution in [-0.4, -0.2) is 25.0 Å². The average molecular weight is 254 g/mol. The Morgan fingerprint density at radius 2 is 2.16 bits per heavy atom. The first-order valence-electron chi connectivity index (χ1n) is 5.92. The van der Waals surface area contributed by atoms with Gasteiger partial charge >= 0.3 is 0 Å². The molecule has 6 nitrogen and oxygen atoms in total. The Bertz CT molecular complexity index is 710. The van der Waals surface area contributed by atoms with Gasteiger partial charge in [0.2, 0.25) is 0 Å². The van der Waals surface area contributed by atoms with Crippen molar-refractivity contribution in [1.29, 1.82) is 0 Å². The number of pyridine rings is 1. The maximum atomic E-state index is 5.96. The summed E-state index contributed by atoms with van der Waals surface area (Å²) in [7, 11) is 1.89. The topological polar surface area (TPSA) is 85.4 Å². The van der Waals surface area contributed by atoms with Gasteiger partial charge in [0.15, 0.2) is 5.82 Å². The van der Waals surface area contributed by atoms with Crippen LogP contribution in [0.1, 0.15) is 5.69 Å². The van der Waals surface area contributed by atoms with Crippen molar-refractivity contribution in [2.24, 2.45) is 7.05 Å². The molecule has 0 aromatic carbocycles. The molecule has 0 aliphatic carbocycles. The first kappa shape index (κ1) is 11.5. The number of aryl methyl sites for hydroxylation is 2. The van der Waals surface area contributed by atoms with E-state index < -0.39 is 0 Å². The van der Waals surface area contributed by atoms with Gasteiger partial charge in [0, 0.05) is 25.0 Å². The first-order valence-corrected chi connectivity index (χ1v) is 5.92.